The van der Waals surface area contributed by atoms with Gasteiger partial charge in [0.25, 0.3) is 0 Å². The molecular weight excluding hydrogens is 244 g/mol. The Kier molecular flexibility index (Phi) is 4.30. The zero-order valence-electron chi connectivity index (χ0n) is 10.7. The average Bonchev–Trinajstić information content (AvgIpc) is 2.42. The molecular formula is C14H16N2O3. The number of carboxylic acid groups (broad SMARTS) is 1. The third kappa shape index (κ3) is 3.20. The second kappa shape index (κ2) is 6.15. The molecule has 5 nitrogen and oxygen atoms in total. The Balaban J connectivity index is 2.39. The third-order valence-electron chi connectivity index (χ3n) is 2.84. The highest BCUT2D eigenvalue weighted by atomic mass is 16.5. The quantitative estimate of drug-likeness (QED) is 0.857. The summed E-state index contributed by atoms with van der Waals surface area (Å²) in [5.41, 5.74) is 0. The molecule has 1 aromatic heterocycles. The van der Waals surface area contributed by atoms with E-state index in [1.807, 2.05) is 30.3 Å². The number of hydrogen-bond donors (Lipinski definition) is 1. The van der Waals surface area contributed by atoms with Crippen LogP contribution in [-0.2, 0) is 9.53 Å². The van der Waals surface area contributed by atoms with Crippen LogP contribution in [0.2, 0.25) is 0 Å². The standard InChI is InChI=1S/C14H16N2O3/c1-19-9-8-16(10-13(17)18)14-12-5-3-2-4-11(12)6-7-15-14/h2-7H,8-10H2,1H3,(H,17,18). The molecule has 0 amide bonds. The van der Waals surface area contributed by atoms with E-state index in [9.17, 15) is 4.79 Å². The van der Waals surface area contributed by atoms with E-state index in [1.165, 1.54) is 0 Å². The number of aliphatic carboxylic acids is 1. The second-order valence-corrected chi connectivity index (χ2v) is 4.16. The number of methoxy groups -OCH3 is 1. The monoisotopic (exact) mass is 260 g/mol. The van der Waals surface area contributed by atoms with Gasteiger partial charge in [0.15, 0.2) is 0 Å². The molecule has 0 unspecified atom stereocenters. The van der Waals surface area contributed by atoms with Crippen molar-refractivity contribution in [2.45, 2.75) is 0 Å². The highest BCUT2D eigenvalue weighted by Crippen LogP contribution is 2.23. The van der Waals surface area contributed by atoms with Gasteiger partial charge in [-0.2, -0.15) is 0 Å². The lowest BCUT2D eigenvalue weighted by Gasteiger charge is -2.22. The Morgan fingerprint density at radius 3 is 2.89 bits per heavy atom. The fourth-order valence-corrected chi connectivity index (χ4v) is 1.98. The van der Waals surface area contributed by atoms with Gasteiger partial charge in [-0.05, 0) is 11.5 Å². The highest BCUT2D eigenvalue weighted by Gasteiger charge is 2.14. The summed E-state index contributed by atoms with van der Waals surface area (Å²) in [7, 11) is 1.59. The molecule has 1 aromatic carbocycles. The molecule has 0 radical (unpaired) electrons. The van der Waals surface area contributed by atoms with Gasteiger partial charge in [0.1, 0.15) is 12.4 Å². The number of aromatic nitrogens is 1. The summed E-state index contributed by atoms with van der Waals surface area (Å²) in [5, 5.41) is 11.0. The van der Waals surface area contributed by atoms with E-state index in [4.69, 9.17) is 9.84 Å². The van der Waals surface area contributed by atoms with Crippen molar-refractivity contribution < 1.29 is 14.6 Å². The van der Waals surface area contributed by atoms with Gasteiger partial charge in [0.2, 0.25) is 0 Å². The van der Waals surface area contributed by atoms with Crippen LogP contribution in [0.3, 0.4) is 0 Å². The number of benzene rings is 1. The summed E-state index contributed by atoms with van der Waals surface area (Å²) in [6.45, 7) is 0.854. The van der Waals surface area contributed by atoms with Crippen LogP contribution in [0.15, 0.2) is 36.5 Å². The molecule has 2 aromatic rings. The van der Waals surface area contributed by atoms with Gasteiger partial charge in [-0.3, -0.25) is 4.79 Å². The van der Waals surface area contributed by atoms with Crippen molar-refractivity contribution in [1.29, 1.82) is 0 Å². The SMILES string of the molecule is COCCN(CC(=O)O)c1nccc2ccccc12. The Labute approximate surface area is 111 Å². The van der Waals surface area contributed by atoms with E-state index in [0.29, 0.717) is 19.0 Å². The molecule has 19 heavy (non-hydrogen) atoms. The number of anilines is 1. The van der Waals surface area contributed by atoms with Gasteiger partial charge in [0.05, 0.1) is 6.61 Å². The number of carbonyl (C=O) groups is 1. The van der Waals surface area contributed by atoms with Gasteiger partial charge >= 0.3 is 5.97 Å². The lowest BCUT2D eigenvalue weighted by Crippen LogP contribution is -2.33. The lowest BCUT2D eigenvalue weighted by atomic mass is 10.1. The maximum Gasteiger partial charge on any atom is 0.323 e. The van der Waals surface area contributed by atoms with Crippen LogP contribution in [0.25, 0.3) is 10.8 Å². The van der Waals surface area contributed by atoms with Crippen LogP contribution >= 0.6 is 0 Å². The van der Waals surface area contributed by atoms with Crippen LogP contribution in [0.5, 0.6) is 0 Å². The number of rotatable bonds is 6. The molecule has 2 rings (SSSR count). The fraction of sp³-hybridized carbons (Fsp3) is 0.286. The van der Waals surface area contributed by atoms with Crippen molar-refractivity contribution in [2.24, 2.45) is 0 Å². The Morgan fingerprint density at radius 2 is 2.16 bits per heavy atom. The lowest BCUT2D eigenvalue weighted by molar-refractivity contribution is -0.135. The molecule has 0 aliphatic carbocycles. The zero-order valence-corrected chi connectivity index (χ0v) is 10.7. The molecule has 0 saturated heterocycles. The smallest absolute Gasteiger partial charge is 0.323 e. The van der Waals surface area contributed by atoms with Gasteiger partial charge in [-0.25, -0.2) is 4.98 Å². The highest BCUT2D eigenvalue weighted by molar-refractivity contribution is 5.93. The molecule has 5 heteroatoms. The average molecular weight is 260 g/mol. The van der Waals surface area contributed by atoms with Crippen molar-refractivity contribution in [3.05, 3.63) is 36.5 Å². The van der Waals surface area contributed by atoms with Gasteiger partial charge < -0.3 is 14.7 Å². The van der Waals surface area contributed by atoms with Crippen LogP contribution in [0.4, 0.5) is 5.82 Å². The zero-order chi connectivity index (χ0) is 13.7. The van der Waals surface area contributed by atoms with Crippen LogP contribution in [0, 0.1) is 0 Å². The van der Waals surface area contributed by atoms with Crippen molar-refractivity contribution in [1.82, 2.24) is 4.98 Å². The summed E-state index contributed by atoms with van der Waals surface area (Å²) in [6, 6.07) is 9.70. The first kappa shape index (κ1) is 13.3. The van der Waals surface area contributed by atoms with Gasteiger partial charge in [-0.15, -0.1) is 0 Å². The van der Waals surface area contributed by atoms with Crippen LogP contribution in [-0.4, -0.2) is 42.9 Å². The molecule has 0 aliphatic heterocycles. The Bertz CT molecular complexity index is 566. The summed E-state index contributed by atoms with van der Waals surface area (Å²) in [5.74, 6) is -0.205. The summed E-state index contributed by atoms with van der Waals surface area (Å²) >= 11 is 0. The number of fused-ring (bicyclic) bond motifs is 1. The third-order valence-corrected chi connectivity index (χ3v) is 2.84. The van der Waals surface area contributed by atoms with Crippen LogP contribution < -0.4 is 4.90 Å². The maximum atomic E-state index is 11.0. The van der Waals surface area contributed by atoms with E-state index >= 15 is 0 Å². The second-order valence-electron chi connectivity index (χ2n) is 4.16. The first-order valence-corrected chi connectivity index (χ1v) is 6.02. The van der Waals surface area contributed by atoms with Gasteiger partial charge in [-0.1, -0.05) is 24.3 Å². The predicted octanol–water partition coefficient (Wildman–Crippen LogP) is 1.77. The maximum absolute atomic E-state index is 11.0. The van der Waals surface area contributed by atoms with Crippen molar-refractivity contribution in [3.63, 3.8) is 0 Å². The molecule has 0 fully saturated rings. The first-order chi connectivity index (χ1) is 9.22. The topological polar surface area (TPSA) is 62.7 Å². The molecule has 0 aliphatic rings. The van der Waals surface area contributed by atoms with E-state index in [0.717, 1.165) is 10.8 Å². The minimum atomic E-state index is -0.883. The first-order valence-electron chi connectivity index (χ1n) is 6.02. The number of carboxylic acids is 1. The van der Waals surface area contributed by atoms with Crippen LogP contribution in [0.1, 0.15) is 0 Å². The largest absolute Gasteiger partial charge is 0.480 e. The normalized spacial score (nSPS) is 10.6. The predicted molar refractivity (Wildman–Crippen MR) is 73.5 cm³/mol. The number of nitrogens with zero attached hydrogens (tertiary/aromatic N) is 2. The van der Waals surface area contributed by atoms with Crippen molar-refractivity contribution >= 4 is 22.6 Å². The fourth-order valence-electron chi connectivity index (χ4n) is 1.98. The molecule has 0 atom stereocenters. The number of pyridine rings is 1. The molecule has 0 saturated carbocycles. The van der Waals surface area contributed by atoms with E-state index in [2.05, 4.69) is 4.98 Å². The minimum absolute atomic E-state index is 0.0929. The van der Waals surface area contributed by atoms with E-state index < -0.39 is 5.97 Å². The Morgan fingerprint density at radius 1 is 1.37 bits per heavy atom. The van der Waals surface area contributed by atoms with Crippen molar-refractivity contribution in [3.8, 4) is 0 Å². The molecule has 100 valence electrons. The molecule has 0 bridgehead atoms. The Hall–Kier alpha value is -2.14. The van der Waals surface area contributed by atoms with Gasteiger partial charge in [0, 0.05) is 25.2 Å². The summed E-state index contributed by atoms with van der Waals surface area (Å²) in [6.07, 6.45) is 1.69. The van der Waals surface area contributed by atoms with E-state index in [1.54, 1.807) is 18.2 Å². The molecule has 0 spiro atoms. The number of ether oxygens (including phenoxy) is 1. The summed E-state index contributed by atoms with van der Waals surface area (Å²) < 4.78 is 5.03. The summed E-state index contributed by atoms with van der Waals surface area (Å²) in [4.78, 5) is 17.0. The molecule has 1 N–H and O–H groups in total. The van der Waals surface area contributed by atoms with E-state index in [-0.39, 0.29) is 6.54 Å². The van der Waals surface area contributed by atoms with Crippen molar-refractivity contribution in [2.75, 3.05) is 31.7 Å². The number of hydrogen-bond acceptors (Lipinski definition) is 4. The minimum Gasteiger partial charge on any atom is -0.480 e. The molecule has 1 heterocycles.